The van der Waals surface area contributed by atoms with Crippen molar-refractivity contribution in [3.63, 3.8) is 0 Å². The molecule has 90 valence electrons. The summed E-state index contributed by atoms with van der Waals surface area (Å²) >= 11 is 1.75. The largest absolute Gasteiger partial charge is 0.384 e. The zero-order chi connectivity index (χ0) is 12.3. The maximum atomic E-state index is 5.71. The number of hydrogen-bond donors (Lipinski definition) is 2. The molecule has 0 aliphatic carbocycles. The van der Waals surface area contributed by atoms with Crippen LogP contribution >= 0.6 is 11.3 Å². The minimum atomic E-state index is 0.281. The highest BCUT2D eigenvalue weighted by molar-refractivity contribution is 7.10. The van der Waals surface area contributed by atoms with Crippen LogP contribution in [0.4, 0.5) is 11.6 Å². The fraction of sp³-hybridized carbons (Fsp3) is 0.333. The fourth-order valence-corrected chi connectivity index (χ4v) is 2.57. The van der Waals surface area contributed by atoms with Crippen LogP contribution < -0.4 is 11.1 Å². The highest BCUT2D eigenvalue weighted by Crippen LogP contribution is 2.25. The summed E-state index contributed by atoms with van der Waals surface area (Å²) in [5.41, 5.74) is 5.71. The zero-order valence-corrected chi connectivity index (χ0v) is 10.8. The van der Waals surface area contributed by atoms with Crippen LogP contribution in [0.25, 0.3) is 0 Å². The second-order valence-corrected chi connectivity index (χ2v) is 4.83. The first-order valence-electron chi connectivity index (χ1n) is 5.60. The number of nitrogens with two attached hydrogens (primary N) is 1. The molecule has 2 aromatic rings. The van der Waals surface area contributed by atoms with E-state index < -0.39 is 0 Å². The van der Waals surface area contributed by atoms with Crippen LogP contribution in [0.1, 0.15) is 30.1 Å². The van der Waals surface area contributed by atoms with Crippen LogP contribution in [0.15, 0.2) is 23.6 Å². The van der Waals surface area contributed by atoms with E-state index in [1.54, 1.807) is 17.4 Å². The van der Waals surface area contributed by atoms with Crippen LogP contribution in [-0.2, 0) is 0 Å². The molecule has 0 radical (unpaired) electrons. The Kier molecular flexibility index (Phi) is 3.58. The third kappa shape index (κ3) is 2.94. The molecule has 0 aliphatic rings. The summed E-state index contributed by atoms with van der Waals surface area (Å²) < 4.78 is 0. The topological polar surface area (TPSA) is 63.8 Å². The molecular weight excluding hydrogens is 232 g/mol. The van der Waals surface area contributed by atoms with Crippen LogP contribution in [0.2, 0.25) is 0 Å². The van der Waals surface area contributed by atoms with Gasteiger partial charge in [-0.1, -0.05) is 13.0 Å². The van der Waals surface area contributed by atoms with Gasteiger partial charge in [-0.3, -0.25) is 0 Å². The Morgan fingerprint density at radius 3 is 2.88 bits per heavy atom. The van der Waals surface area contributed by atoms with Gasteiger partial charge in [-0.25, -0.2) is 9.97 Å². The van der Waals surface area contributed by atoms with E-state index in [9.17, 15) is 0 Å². The Labute approximate surface area is 105 Å². The molecular formula is C12H16N4S. The lowest BCUT2D eigenvalue weighted by Gasteiger charge is -2.16. The predicted octanol–water partition coefficient (Wildman–Crippen LogP) is 2.99. The maximum absolute atomic E-state index is 5.71. The molecule has 0 spiro atoms. The quantitative estimate of drug-likeness (QED) is 0.873. The van der Waals surface area contributed by atoms with Gasteiger partial charge in [0.1, 0.15) is 17.5 Å². The summed E-state index contributed by atoms with van der Waals surface area (Å²) in [4.78, 5) is 9.70. The van der Waals surface area contributed by atoms with E-state index >= 15 is 0 Å². The summed E-state index contributed by atoms with van der Waals surface area (Å²) in [5, 5.41) is 5.47. The lowest BCUT2D eigenvalue weighted by molar-refractivity contribution is 0.757. The highest BCUT2D eigenvalue weighted by atomic mass is 32.1. The van der Waals surface area contributed by atoms with Gasteiger partial charge in [-0.05, 0) is 24.8 Å². The van der Waals surface area contributed by atoms with Gasteiger partial charge in [0.15, 0.2) is 0 Å². The minimum Gasteiger partial charge on any atom is -0.384 e. The molecule has 0 saturated heterocycles. The van der Waals surface area contributed by atoms with Crippen molar-refractivity contribution in [1.82, 2.24) is 9.97 Å². The molecule has 4 nitrogen and oxygen atoms in total. The van der Waals surface area contributed by atoms with E-state index in [1.165, 1.54) is 4.88 Å². The Morgan fingerprint density at radius 1 is 1.47 bits per heavy atom. The Bertz CT molecular complexity index is 461. The Balaban J connectivity index is 2.18. The van der Waals surface area contributed by atoms with Crippen LogP contribution in [0.3, 0.4) is 0 Å². The average Bonchev–Trinajstić information content (AvgIpc) is 2.77. The van der Waals surface area contributed by atoms with E-state index in [-0.39, 0.29) is 6.04 Å². The molecule has 1 unspecified atom stereocenters. The van der Waals surface area contributed by atoms with Gasteiger partial charge in [-0.2, -0.15) is 0 Å². The number of nitrogen functional groups attached to an aromatic ring is 1. The van der Waals surface area contributed by atoms with Gasteiger partial charge in [0.25, 0.3) is 0 Å². The first-order valence-corrected chi connectivity index (χ1v) is 6.48. The normalized spacial score (nSPS) is 12.4. The third-order valence-electron chi connectivity index (χ3n) is 2.47. The third-order valence-corrected chi connectivity index (χ3v) is 3.46. The fourth-order valence-electron chi connectivity index (χ4n) is 1.71. The smallest absolute Gasteiger partial charge is 0.132 e. The van der Waals surface area contributed by atoms with Crippen molar-refractivity contribution < 1.29 is 0 Å². The molecule has 2 aromatic heterocycles. The number of aryl methyl sites for hydroxylation is 1. The molecule has 0 bridgehead atoms. The summed E-state index contributed by atoms with van der Waals surface area (Å²) in [7, 11) is 0. The van der Waals surface area contributed by atoms with Crippen molar-refractivity contribution in [2.75, 3.05) is 11.1 Å². The van der Waals surface area contributed by atoms with Crippen molar-refractivity contribution >= 4 is 23.0 Å². The van der Waals surface area contributed by atoms with Crippen molar-refractivity contribution in [2.24, 2.45) is 0 Å². The second kappa shape index (κ2) is 5.14. The van der Waals surface area contributed by atoms with Crippen LogP contribution in [-0.4, -0.2) is 9.97 Å². The lowest BCUT2D eigenvalue weighted by atomic mass is 10.2. The first kappa shape index (κ1) is 11.9. The van der Waals surface area contributed by atoms with E-state index in [4.69, 9.17) is 5.73 Å². The van der Waals surface area contributed by atoms with Crippen LogP contribution in [0.5, 0.6) is 0 Å². The van der Waals surface area contributed by atoms with Crippen molar-refractivity contribution in [1.29, 1.82) is 0 Å². The number of aromatic nitrogens is 2. The van der Waals surface area contributed by atoms with Gasteiger partial charge in [0, 0.05) is 10.9 Å². The molecule has 1 atom stereocenters. The van der Waals surface area contributed by atoms with Gasteiger partial charge < -0.3 is 11.1 Å². The number of nitrogens with one attached hydrogen (secondary N) is 1. The molecule has 3 N–H and O–H groups in total. The van der Waals surface area contributed by atoms with E-state index in [1.807, 2.05) is 6.92 Å². The predicted molar refractivity (Wildman–Crippen MR) is 72.2 cm³/mol. The van der Waals surface area contributed by atoms with Gasteiger partial charge in [0.2, 0.25) is 0 Å². The second-order valence-electron chi connectivity index (χ2n) is 3.85. The molecule has 0 amide bonds. The van der Waals surface area contributed by atoms with E-state index in [0.29, 0.717) is 11.6 Å². The van der Waals surface area contributed by atoms with Crippen molar-refractivity contribution in [3.05, 3.63) is 34.3 Å². The van der Waals surface area contributed by atoms with E-state index in [0.717, 1.165) is 12.2 Å². The van der Waals surface area contributed by atoms with Gasteiger partial charge >= 0.3 is 0 Å². The van der Waals surface area contributed by atoms with Crippen molar-refractivity contribution in [2.45, 2.75) is 26.3 Å². The zero-order valence-electron chi connectivity index (χ0n) is 9.97. The molecule has 5 heteroatoms. The number of thiophene rings is 1. The molecule has 0 aliphatic heterocycles. The monoisotopic (exact) mass is 248 g/mol. The summed E-state index contributed by atoms with van der Waals surface area (Å²) in [6.07, 6.45) is 1.00. The Morgan fingerprint density at radius 2 is 2.29 bits per heavy atom. The highest BCUT2D eigenvalue weighted by Gasteiger charge is 2.11. The molecule has 0 aromatic carbocycles. The van der Waals surface area contributed by atoms with Gasteiger partial charge in [0.05, 0.1) is 6.04 Å². The van der Waals surface area contributed by atoms with Crippen molar-refractivity contribution in [3.8, 4) is 0 Å². The summed E-state index contributed by atoms with van der Waals surface area (Å²) in [6, 6.07) is 6.24. The number of nitrogens with zero attached hydrogens (tertiary/aromatic N) is 2. The molecule has 2 heterocycles. The summed E-state index contributed by atoms with van der Waals surface area (Å²) in [6.45, 7) is 3.99. The number of rotatable bonds is 4. The molecule has 2 rings (SSSR count). The SMILES string of the molecule is CCC(Nc1cc(N)nc(C)n1)c1cccs1. The standard InChI is InChI=1S/C12H16N4S/c1-3-9(10-5-4-6-17-10)16-12-7-11(13)14-8(2)15-12/h4-7,9H,3H2,1-2H3,(H3,13,14,15,16). The molecule has 0 fully saturated rings. The van der Waals surface area contributed by atoms with Crippen LogP contribution in [0, 0.1) is 6.92 Å². The molecule has 17 heavy (non-hydrogen) atoms. The lowest BCUT2D eigenvalue weighted by Crippen LogP contribution is -2.10. The Hall–Kier alpha value is -1.62. The van der Waals surface area contributed by atoms with Gasteiger partial charge in [-0.15, -0.1) is 11.3 Å². The number of hydrogen-bond acceptors (Lipinski definition) is 5. The average molecular weight is 248 g/mol. The number of anilines is 2. The van der Waals surface area contributed by atoms with E-state index in [2.05, 4.69) is 39.7 Å². The molecule has 0 saturated carbocycles. The summed E-state index contributed by atoms with van der Waals surface area (Å²) in [5.74, 6) is 1.98. The first-order chi connectivity index (χ1) is 8.19. The minimum absolute atomic E-state index is 0.281. The maximum Gasteiger partial charge on any atom is 0.132 e.